The fourth-order valence-electron chi connectivity index (χ4n) is 3.43. The molecule has 0 bridgehead atoms. The number of carboxylic acid groups (broad SMARTS) is 1. The van der Waals surface area contributed by atoms with E-state index in [2.05, 4.69) is 15.3 Å². The predicted octanol–water partition coefficient (Wildman–Crippen LogP) is 2.19. The Morgan fingerprint density at radius 1 is 1.03 bits per heavy atom. The van der Waals surface area contributed by atoms with Crippen LogP contribution in [0.5, 0.6) is 0 Å². The number of carbonyl (C=O) groups is 1. The summed E-state index contributed by atoms with van der Waals surface area (Å²) in [4.78, 5) is 32.9. The molecule has 0 radical (unpaired) electrons. The number of aliphatic hydroxyl groups is 2. The summed E-state index contributed by atoms with van der Waals surface area (Å²) in [5, 5.41) is 31.3. The average molecular weight is 468 g/mol. The lowest BCUT2D eigenvalue weighted by Crippen LogP contribution is -2.29. The van der Waals surface area contributed by atoms with Crippen LogP contribution in [0, 0.1) is 11.6 Å². The normalized spacial score (nSPS) is 11.2. The molecule has 4 N–H and O–H groups in total. The summed E-state index contributed by atoms with van der Waals surface area (Å²) in [6, 6.07) is 10.3. The average Bonchev–Trinajstić information content (AvgIpc) is 2.82. The molecule has 0 aliphatic rings. The number of carboxylic acids is 1. The van der Waals surface area contributed by atoms with Gasteiger partial charge in [-0.3, -0.25) is 9.36 Å². The molecule has 4 rings (SSSR count). The number of rotatable bonds is 7. The van der Waals surface area contributed by atoms with Gasteiger partial charge in [-0.25, -0.2) is 18.6 Å². The maximum Gasteiger partial charge on any atom is 0.335 e. The highest BCUT2D eigenvalue weighted by atomic mass is 19.1. The highest BCUT2D eigenvalue weighted by Crippen LogP contribution is 2.29. The second-order valence-corrected chi connectivity index (χ2v) is 7.33. The zero-order valence-electron chi connectivity index (χ0n) is 17.4. The number of fused-ring (bicyclic) bond motifs is 1. The number of nitrogens with zero attached hydrogens (tertiary/aromatic N) is 3. The van der Waals surface area contributed by atoms with Gasteiger partial charge in [-0.15, -0.1) is 0 Å². The Bertz CT molecular complexity index is 1450. The molecule has 4 aromatic rings. The van der Waals surface area contributed by atoms with Crippen LogP contribution in [0.2, 0.25) is 0 Å². The summed E-state index contributed by atoms with van der Waals surface area (Å²) >= 11 is 0. The van der Waals surface area contributed by atoms with Crippen molar-refractivity contribution in [1.29, 1.82) is 0 Å². The Hall–Kier alpha value is -4.22. The molecule has 2 aromatic carbocycles. The van der Waals surface area contributed by atoms with E-state index in [0.29, 0.717) is 11.6 Å². The lowest BCUT2D eigenvalue weighted by Gasteiger charge is -2.17. The van der Waals surface area contributed by atoms with Gasteiger partial charge in [0.2, 0.25) is 5.95 Å². The van der Waals surface area contributed by atoms with Gasteiger partial charge in [0, 0.05) is 23.1 Å². The van der Waals surface area contributed by atoms with E-state index in [1.165, 1.54) is 24.3 Å². The van der Waals surface area contributed by atoms with Crippen LogP contribution in [0.4, 0.5) is 14.7 Å². The van der Waals surface area contributed by atoms with E-state index in [-0.39, 0.29) is 33.9 Å². The first-order valence-corrected chi connectivity index (χ1v) is 10.0. The molecule has 2 aromatic heterocycles. The minimum Gasteiger partial charge on any atom is -0.478 e. The van der Waals surface area contributed by atoms with Crippen LogP contribution < -0.4 is 10.9 Å². The summed E-state index contributed by atoms with van der Waals surface area (Å²) in [6.45, 7) is -0.925. The monoisotopic (exact) mass is 468 g/mol. The summed E-state index contributed by atoms with van der Waals surface area (Å²) in [5.74, 6) is -3.10. The van der Waals surface area contributed by atoms with Crippen LogP contribution in [-0.4, -0.2) is 55.1 Å². The second-order valence-electron chi connectivity index (χ2n) is 7.33. The standard InChI is InChI=1S/C23H18F2N4O5/c24-14-4-6-18(17(25)9-14)29-19(32)7-5-16-20(12-2-1-3-13(8-12)22(33)34)27-23(28-21(16)29)26-15(10-30)11-31/h1-9,15,30-31H,10-11H2,(H,33,34)(H,26,27,28). The molecule has 11 heteroatoms. The fraction of sp³-hybridized carbons (Fsp3) is 0.130. The van der Waals surface area contributed by atoms with Gasteiger partial charge in [-0.1, -0.05) is 12.1 Å². The summed E-state index contributed by atoms with van der Waals surface area (Å²) < 4.78 is 29.1. The van der Waals surface area contributed by atoms with Crippen LogP contribution in [0.3, 0.4) is 0 Å². The van der Waals surface area contributed by atoms with E-state index in [1.807, 2.05) is 0 Å². The number of aliphatic hydroxyl groups excluding tert-OH is 2. The zero-order chi connectivity index (χ0) is 24.4. The van der Waals surface area contributed by atoms with E-state index in [9.17, 15) is 33.7 Å². The van der Waals surface area contributed by atoms with E-state index in [4.69, 9.17) is 0 Å². The summed E-state index contributed by atoms with van der Waals surface area (Å²) in [5.41, 5.74) is -0.409. The maximum absolute atomic E-state index is 14.6. The molecule has 2 heterocycles. The van der Waals surface area contributed by atoms with Crippen molar-refractivity contribution < 1.29 is 28.9 Å². The second kappa shape index (κ2) is 9.33. The van der Waals surface area contributed by atoms with Crippen molar-refractivity contribution >= 4 is 23.0 Å². The summed E-state index contributed by atoms with van der Waals surface area (Å²) in [6.07, 6.45) is 0. The first-order chi connectivity index (χ1) is 16.3. The number of halogens is 2. The largest absolute Gasteiger partial charge is 0.478 e. The first-order valence-electron chi connectivity index (χ1n) is 10.0. The molecule has 0 atom stereocenters. The van der Waals surface area contributed by atoms with Crippen LogP contribution in [-0.2, 0) is 0 Å². The van der Waals surface area contributed by atoms with Crippen LogP contribution in [0.1, 0.15) is 10.4 Å². The third-order valence-electron chi connectivity index (χ3n) is 5.06. The molecule has 174 valence electrons. The third kappa shape index (κ3) is 4.34. The number of aromatic carboxylic acids is 1. The van der Waals surface area contributed by atoms with Gasteiger partial charge in [0.25, 0.3) is 5.56 Å². The van der Waals surface area contributed by atoms with E-state index < -0.39 is 42.4 Å². The lowest BCUT2D eigenvalue weighted by molar-refractivity contribution is 0.0697. The molecule has 0 aliphatic heterocycles. The topological polar surface area (TPSA) is 138 Å². The number of hydrogen-bond acceptors (Lipinski definition) is 7. The summed E-state index contributed by atoms with van der Waals surface area (Å²) in [7, 11) is 0. The highest BCUT2D eigenvalue weighted by molar-refractivity contribution is 5.95. The van der Waals surface area contributed by atoms with Crippen LogP contribution >= 0.6 is 0 Å². The number of hydrogen-bond donors (Lipinski definition) is 4. The molecule has 34 heavy (non-hydrogen) atoms. The van der Waals surface area contributed by atoms with Crippen molar-refractivity contribution in [1.82, 2.24) is 14.5 Å². The van der Waals surface area contributed by atoms with Crippen molar-refractivity contribution in [3.8, 4) is 16.9 Å². The van der Waals surface area contributed by atoms with Crippen molar-refractivity contribution in [3.63, 3.8) is 0 Å². The van der Waals surface area contributed by atoms with Gasteiger partial charge in [0.1, 0.15) is 11.6 Å². The van der Waals surface area contributed by atoms with Crippen molar-refractivity contribution in [3.05, 3.63) is 82.1 Å². The number of aromatic nitrogens is 3. The van der Waals surface area contributed by atoms with E-state index in [0.717, 1.165) is 22.8 Å². The van der Waals surface area contributed by atoms with Gasteiger partial charge in [-0.2, -0.15) is 4.98 Å². The lowest BCUT2D eigenvalue weighted by atomic mass is 10.0. The number of anilines is 1. The van der Waals surface area contributed by atoms with Crippen LogP contribution in [0.25, 0.3) is 28.0 Å². The Balaban J connectivity index is 2.06. The van der Waals surface area contributed by atoms with E-state index in [1.54, 1.807) is 6.07 Å². The molecular weight excluding hydrogens is 450 g/mol. The first kappa shape index (κ1) is 23.0. The Morgan fingerprint density at radius 3 is 2.47 bits per heavy atom. The smallest absolute Gasteiger partial charge is 0.335 e. The molecule has 0 fully saturated rings. The van der Waals surface area contributed by atoms with Crippen molar-refractivity contribution in [2.45, 2.75) is 6.04 Å². The number of benzene rings is 2. The highest BCUT2D eigenvalue weighted by Gasteiger charge is 2.19. The van der Waals surface area contributed by atoms with Gasteiger partial charge < -0.3 is 20.6 Å². The van der Waals surface area contributed by atoms with Gasteiger partial charge in [-0.05, 0) is 30.3 Å². The molecule has 0 amide bonds. The maximum atomic E-state index is 14.6. The van der Waals surface area contributed by atoms with Gasteiger partial charge >= 0.3 is 5.97 Å². The van der Waals surface area contributed by atoms with Gasteiger partial charge in [0.05, 0.1) is 36.2 Å². The Kier molecular flexibility index (Phi) is 6.30. The SMILES string of the molecule is O=C(O)c1cccc(-c2nc(NC(CO)CO)nc3c2ccc(=O)n3-c2ccc(F)cc2F)c1. The molecule has 0 saturated heterocycles. The molecule has 0 saturated carbocycles. The third-order valence-corrected chi connectivity index (χ3v) is 5.06. The number of nitrogens with one attached hydrogen (secondary N) is 1. The molecule has 9 nitrogen and oxygen atoms in total. The molecule has 0 unspecified atom stereocenters. The predicted molar refractivity (Wildman–Crippen MR) is 119 cm³/mol. The molecule has 0 spiro atoms. The van der Waals surface area contributed by atoms with Crippen molar-refractivity contribution in [2.24, 2.45) is 0 Å². The minimum atomic E-state index is -1.16. The van der Waals surface area contributed by atoms with Gasteiger partial charge in [0.15, 0.2) is 5.65 Å². The fourth-order valence-corrected chi connectivity index (χ4v) is 3.43. The molecule has 0 aliphatic carbocycles. The molecular formula is C23H18F2N4O5. The number of pyridine rings is 1. The quantitative estimate of drug-likeness (QED) is 0.324. The zero-order valence-corrected chi connectivity index (χ0v) is 17.4. The minimum absolute atomic E-state index is 0.0136. The Labute approximate surface area is 190 Å². The van der Waals surface area contributed by atoms with E-state index >= 15 is 0 Å². The van der Waals surface area contributed by atoms with Crippen molar-refractivity contribution in [2.75, 3.05) is 18.5 Å². The van der Waals surface area contributed by atoms with Crippen LogP contribution in [0.15, 0.2) is 59.4 Å². The Morgan fingerprint density at radius 2 is 1.79 bits per heavy atom.